The fourth-order valence-corrected chi connectivity index (χ4v) is 2.40. The van der Waals surface area contributed by atoms with Crippen molar-refractivity contribution >= 4 is 29.0 Å². The minimum Gasteiger partial charge on any atom is -0.308 e. The molecular weight excluding hydrogens is 295 g/mol. The highest BCUT2D eigenvalue weighted by Gasteiger charge is 2.08. The topological polar surface area (TPSA) is 63.8 Å². The molecule has 0 amide bonds. The minimum atomic E-state index is 0.544. The first kappa shape index (κ1) is 15.0. The van der Waals surface area contributed by atoms with Crippen molar-refractivity contribution in [3.63, 3.8) is 0 Å². The van der Waals surface area contributed by atoms with E-state index in [4.69, 9.17) is 29.0 Å². The number of aromatic nitrogens is 2. The second-order valence-electron chi connectivity index (χ2n) is 4.47. The summed E-state index contributed by atoms with van der Waals surface area (Å²) in [5.41, 5.74) is 4.48. The lowest BCUT2D eigenvalue weighted by molar-refractivity contribution is 0.842. The maximum atomic E-state index is 6.17. The lowest BCUT2D eigenvalue weighted by Gasteiger charge is -2.08. The first-order chi connectivity index (χ1) is 9.62. The van der Waals surface area contributed by atoms with Crippen LogP contribution in [0.1, 0.15) is 30.4 Å². The lowest BCUT2D eigenvalue weighted by Crippen LogP contribution is -2.12. The Bertz CT molecular complexity index is 602. The van der Waals surface area contributed by atoms with Crippen LogP contribution >= 0.6 is 23.2 Å². The van der Waals surface area contributed by atoms with Gasteiger partial charge in [-0.3, -0.25) is 0 Å². The summed E-state index contributed by atoms with van der Waals surface area (Å²) in [4.78, 5) is 8.89. The van der Waals surface area contributed by atoms with Gasteiger partial charge in [-0.2, -0.15) is 0 Å². The maximum Gasteiger partial charge on any atom is 0.143 e. The molecule has 0 aliphatic carbocycles. The highest BCUT2D eigenvalue weighted by atomic mass is 35.5. The molecule has 1 aromatic carbocycles. The van der Waals surface area contributed by atoms with Gasteiger partial charge in [0.1, 0.15) is 11.6 Å². The number of nitrogens with zero attached hydrogens (tertiary/aromatic N) is 2. The van der Waals surface area contributed by atoms with Crippen LogP contribution in [0, 0.1) is 0 Å². The van der Waals surface area contributed by atoms with Crippen molar-refractivity contribution in [2.24, 2.45) is 5.84 Å². The fraction of sp³-hybridized carbons (Fsp3) is 0.286. The van der Waals surface area contributed by atoms with Gasteiger partial charge in [0.25, 0.3) is 0 Å². The monoisotopic (exact) mass is 310 g/mol. The Morgan fingerprint density at radius 3 is 2.65 bits per heavy atom. The van der Waals surface area contributed by atoms with Crippen molar-refractivity contribution < 1.29 is 0 Å². The zero-order valence-electron chi connectivity index (χ0n) is 11.2. The number of hydrogen-bond donors (Lipinski definition) is 2. The number of nitrogens with two attached hydrogens (primary N) is 1. The van der Waals surface area contributed by atoms with Gasteiger partial charge in [0.2, 0.25) is 0 Å². The molecule has 0 aliphatic heterocycles. The van der Waals surface area contributed by atoms with Crippen LogP contribution in [0.25, 0.3) is 0 Å². The van der Waals surface area contributed by atoms with E-state index in [1.165, 1.54) is 0 Å². The van der Waals surface area contributed by atoms with E-state index in [0.717, 1.165) is 24.1 Å². The van der Waals surface area contributed by atoms with E-state index in [0.29, 0.717) is 28.1 Å². The van der Waals surface area contributed by atoms with Gasteiger partial charge in [-0.1, -0.05) is 42.6 Å². The van der Waals surface area contributed by atoms with Crippen molar-refractivity contribution in [2.45, 2.75) is 26.2 Å². The van der Waals surface area contributed by atoms with Crippen LogP contribution < -0.4 is 11.3 Å². The molecule has 1 aromatic heterocycles. The molecule has 0 radical (unpaired) electrons. The summed E-state index contributed by atoms with van der Waals surface area (Å²) in [5.74, 6) is 6.75. The Morgan fingerprint density at radius 1 is 1.20 bits per heavy atom. The third kappa shape index (κ3) is 3.82. The smallest absolute Gasteiger partial charge is 0.143 e. The molecule has 0 bridgehead atoms. The molecule has 6 heteroatoms. The average Bonchev–Trinajstić information content (AvgIpc) is 2.42. The summed E-state index contributed by atoms with van der Waals surface area (Å²) in [6, 6.07) is 7.27. The molecule has 4 nitrogen and oxygen atoms in total. The zero-order chi connectivity index (χ0) is 14.5. The van der Waals surface area contributed by atoms with Crippen molar-refractivity contribution in [1.82, 2.24) is 9.97 Å². The molecule has 1 heterocycles. The molecule has 0 atom stereocenters. The molecule has 0 unspecified atom stereocenters. The summed E-state index contributed by atoms with van der Waals surface area (Å²) in [6.45, 7) is 2.10. The van der Waals surface area contributed by atoms with Gasteiger partial charge < -0.3 is 5.43 Å². The van der Waals surface area contributed by atoms with E-state index in [2.05, 4.69) is 22.3 Å². The second-order valence-corrected chi connectivity index (χ2v) is 5.31. The van der Waals surface area contributed by atoms with Crippen LogP contribution in [0.15, 0.2) is 24.3 Å². The third-order valence-corrected chi connectivity index (χ3v) is 3.43. The van der Waals surface area contributed by atoms with Crippen LogP contribution in [-0.2, 0) is 12.8 Å². The van der Waals surface area contributed by atoms with E-state index >= 15 is 0 Å². The van der Waals surface area contributed by atoms with Crippen molar-refractivity contribution in [3.8, 4) is 0 Å². The number of hydrazine groups is 1. The number of nitrogen functional groups attached to an aromatic ring is 1. The summed E-state index contributed by atoms with van der Waals surface area (Å²) >= 11 is 12.1. The number of halogens is 2. The van der Waals surface area contributed by atoms with Crippen molar-refractivity contribution in [3.05, 3.63) is 51.4 Å². The Hall–Kier alpha value is -1.36. The van der Waals surface area contributed by atoms with Gasteiger partial charge in [0, 0.05) is 28.2 Å². The highest BCUT2D eigenvalue weighted by Crippen LogP contribution is 2.23. The van der Waals surface area contributed by atoms with Crippen LogP contribution in [0.5, 0.6) is 0 Å². The lowest BCUT2D eigenvalue weighted by atomic mass is 10.1. The van der Waals surface area contributed by atoms with E-state index in [1.807, 2.05) is 12.1 Å². The number of nitrogens with one attached hydrogen (secondary N) is 1. The predicted molar refractivity (Wildman–Crippen MR) is 83.1 cm³/mol. The van der Waals surface area contributed by atoms with Gasteiger partial charge in [-0.05, 0) is 24.1 Å². The van der Waals surface area contributed by atoms with Crippen molar-refractivity contribution in [2.75, 3.05) is 5.43 Å². The molecule has 3 N–H and O–H groups in total. The Kier molecular flexibility index (Phi) is 5.17. The minimum absolute atomic E-state index is 0.544. The number of anilines is 1. The molecule has 0 fully saturated rings. The largest absolute Gasteiger partial charge is 0.308 e. The van der Waals surface area contributed by atoms with E-state index in [1.54, 1.807) is 12.1 Å². The van der Waals surface area contributed by atoms with Crippen LogP contribution in [-0.4, -0.2) is 9.97 Å². The number of aryl methyl sites for hydroxylation is 1. The molecule has 0 saturated heterocycles. The molecule has 0 saturated carbocycles. The number of benzene rings is 1. The molecule has 0 aliphatic rings. The molecule has 20 heavy (non-hydrogen) atoms. The first-order valence-electron chi connectivity index (χ1n) is 6.39. The van der Waals surface area contributed by atoms with Crippen molar-refractivity contribution in [1.29, 1.82) is 0 Å². The quantitative estimate of drug-likeness (QED) is 0.654. The van der Waals surface area contributed by atoms with Gasteiger partial charge in [0.05, 0.1) is 0 Å². The average molecular weight is 311 g/mol. The molecule has 2 aromatic rings. The zero-order valence-corrected chi connectivity index (χ0v) is 12.7. The van der Waals surface area contributed by atoms with Gasteiger partial charge in [-0.25, -0.2) is 15.8 Å². The van der Waals surface area contributed by atoms with Gasteiger partial charge in [-0.15, -0.1) is 0 Å². The Morgan fingerprint density at radius 2 is 2.00 bits per heavy atom. The molecule has 2 rings (SSSR count). The van der Waals surface area contributed by atoms with Crippen LogP contribution in [0.2, 0.25) is 10.0 Å². The van der Waals surface area contributed by atoms with Gasteiger partial charge in [0.15, 0.2) is 0 Å². The fourth-order valence-electron chi connectivity index (χ4n) is 1.92. The van der Waals surface area contributed by atoms with E-state index < -0.39 is 0 Å². The molecular formula is C14H16Cl2N4. The molecule has 0 spiro atoms. The summed E-state index contributed by atoms with van der Waals surface area (Å²) in [6.07, 6.45) is 2.45. The summed E-state index contributed by atoms with van der Waals surface area (Å²) in [5, 5.41) is 1.23. The maximum absolute atomic E-state index is 6.17. The third-order valence-electron chi connectivity index (χ3n) is 2.84. The van der Waals surface area contributed by atoms with E-state index in [9.17, 15) is 0 Å². The molecule has 106 valence electrons. The van der Waals surface area contributed by atoms with Crippen LogP contribution in [0.4, 0.5) is 5.82 Å². The number of rotatable bonds is 5. The van der Waals surface area contributed by atoms with Gasteiger partial charge >= 0.3 is 0 Å². The predicted octanol–water partition coefficient (Wildman–Crippen LogP) is 3.61. The SMILES string of the molecule is CCCc1cc(NN)nc(Cc2ccc(Cl)cc2Cl)n1. The van der Waals surface area contributed by atoms with E-state index in [-0.39, 0.29) is 0 Å². The summed E-state index contributed by atoms with van der Waals surface area (Å²) < 4.78 is 0. The Balaban J connectivity index is 2.29. The highest BCUT2D eigenvalue weighted by molar-refractivity contribution is 6.35. The normalized spacial score (nSPS) is 10.6. The summed E-state index contributed by atoms with van der Waals surface area (Å²) in [7, 11) is 0. The number of hydrogen-bond acceptors (Lipinski definition) is 4. The first-order valence-corrected chi connectivity index (χ1v) is 7.15. The standard InChI is InChI=1S/C14H16Cl2N4/c1-2-3-11-8-14(20-17)19-13(18-11)6-9-4-5-10(15)7-12(9)16/h4-5,7-8H,2-3,6,17H2,1H3,(H,18,19,20). The van der Waals surface area contributed by atoms with Crippen LogP contribution in [0.3, 0.4) is 0 Å². The second kappa shape index (κ2) is 6.88. The Labute approximate surface area is 128 Å².